The van der Waals surface area contributed by atoms with Crippen LogP contribution in [-0.2, 0) is 9.31 Å². The van der Waals surface area contributed by atoms with Gasteiger partial charge < -0.3 is 14.6 Å². The maximum absolute atomic E-state index is 5.95. The van der Waals surface area contributed by atoms with Gasteiger partial charge in [0.2, 0.25) is 0 Å². The van der Waals surface area contributed by atoms with Gasteiger partial charge in [0, 0.05) is 13.2 Å². The number of benzene rings is 2. The molecular formula is C20H30BNO2. The van der Waals surface area contributed by atoms with Crippen LogP contribution < -0.4 is 16.2 Å². The maximum Gasteiger partial charge on any atom is 0.299 e. The van der Waals surface area contributed by atoms with Crippen LogP contribution in [0.3, 0.4) is 0 Å². The highest BCUT2D eigenvalue weighted by Crippen LogP contribution is 2.14. The highest BCUT2D eigenvalue weighted by Gasteiger charge is 2.34. The molecule has 1 aliphatic rings. The fourth-order valence-electron chi connectivity index (χ4n) is 3.02. The van der Waals surface area contributed by atoms with Crippen molar-refractivity contribution in [2.75, 3.05) is 26.3 Å². The largest absolute Gasteiger partial charge is 0.559 e. The molecule has 1 heterocycles. The van der Waals surface area contributed by atoms with Crippen molar-refractivity contribution in [3.8, 4) is 0 Å². The number of hydrogen-bond donors (Lipinski definition) is 1. The van der Waals surface area contributed by atoms with Crippen LogP contribution in [0.2, 0.25) is 0 Å². The van der Waals surface area contributed by atoms with E-state index in [1.807, 2.05) is 36.4 Å². The molecule has 1 saturated heterocycles. The zero-order chi connectivity index (χ0) is 17.1. The van der Waals surface area contributed by atoms with Crippen LogP contribution in [0.4, 0.5) is 0 Å². The molecule has 24 heavy (non-hydrogen) atoms. The molecule has 0 saturated carbocycles. The second-order valence-corrected chi connectivity index (χ2v) is 6.14. The quantitative estimate of drug-likeness (QED) is 0.647. The number of hydrogen-bond acceptors (Lipinski definition) is 2. The van der Waals surface area contributed by atoms with Crippen molar-refractivity contribution >= 4 is 17.5 Å². The van der Waals surface area contributed by atoms with Crippen LogP contribution in [0.25, 0.3) is 0 Å². The Labute approximate surface area is 146 Å². The van der Waals surface area contributed by atoms with E-state index in [4.69, 9.17) is 9.31 Å². The minimum absolute atomic E-state index is 0.657. The summed E-state index contributed by atoms with van der Waals surface area (Å²) in [5, 5.41) is 2.36. The number of nitrogens with two attached hydrogens (primary N) is 1. The van der Waals surface area contributed by atoms with Crippen molar-refractivity contribution in [1.82, 2.24) is 0 Å². The van der Waals surface area contributed by atoms with Gasteiger partial charge in [-0.2, -0.15) is 0 Å². The van der Waals surface area contributed by atoms with Gasteiger partial charge in [0.25, 0.3) is 6.55 Å². The number of quaternary nitrogens is 1. The summed E-state index contributed by atoms with van der Waals surface area (Å²) in [5.74, 6) is 0. The molecule has 0 atom stereocenters. The number of rotatable bonds is 6. The lowest BCUT2D eigenvalue weighted by Gasteiger charge is -2.36. The molecule has 0 amide bonds. The lowest BCUT2D eigenvalue weighted by molar-refractivity contribution is -0.654. The maximum atomic E-state index is 5.95. The van der Waals surface area contributed by atoms with Gasteiger partial charge in [-0.25, -0.2) is 0 Å². The molecule has 0 unspecified atom stereocenters. The van der Waals surface area contributed by atoms with E-state index in [2.05, 4.69) is 43.4 Å². The zero-order valence-electron chi connectivity index (χ0n) is 15.0. The van der Waals surface area contributed by atoms with Gasteiger partial charge in [-0.05, 0) is 12.8 Å². The van der Waals surface area contributed by atoms with Crippen LogP contribution in [0.1, 0.15) is 26.7 Å². The molecule has 0 aliphatic carbocycles. The Hall–Kier alpha value is -1.62. The van der Waals surface area contributed by atoms with E-state index in [1.54, 1.807) is 0 Å². The molecule has 0 spiro atoms. The molecular weight excluding hydrogens is 297 g/mol. The predicted molar refractivity (Wildman–Crippen MR) is 102 cm³/mol. The zero-order valence-corrected chi connectivity index (χ0v) is 15.0. The average Bonchev–Trinajstić information content (AvgIpc) is 3.15. The molecule has 2 N–H and O–H groups in total. The molecule has 2 aromatic rings. The van der Waals surface area contributed by atoms with E-state index in [9.17, 15) is 0 Å². The van der Waals surface area contributed by atoms with Gasteiger partial charge in [0.05, 0.1) is 13.1 Å². The first kappa shape index (κ1) is 18.7. The molecule has 3 nitrogen and oxygen atoms in total. The second kappa shape index (κ2) is 10.3. The van der Waals surface area contributed by atoms with Gasteiger partial charge in [-0.3, -0.25) is 0 Å². The monoisotopic (exact) mass is 327 g/mol. The van der Waals surface area contributed by atoms with Gasteiger partial charge in [-0.15, -0.1) is 10.9 Å². The third-order valence-corrected chi connectivity index (χ3v) is 4.25. The van der Waals surface area contributed by atoms with Crippen molar-refractivity contribution in [2.24, 2.45) is 0 Å². The highest BCUT2D eigenvalue weighted by atomic mass is 16.6. The van der Waals surface area contributed by atoms with Crippen LogP contribution in [0.15, 0.2) is 60.7 Å². The minimum Gasteiger partial charge on any atom is -0.559 e. The van der Waals surface area contributed by atoms with Gasteiger partial charge in [0.1, 0.15) is 0 Å². The summed E-state index contributed by atoms with van der Waals surface area (Å²) in [4.78, 5) is 0. The van der Waals surface area contributed by atoms with E-state index in [1.165, 1.54) is 25.9 Å². The van der Waals surface area contributed by atoms with E-state index in [-0.39, 0.29) is 0 Å². The molecule has 0 aromatic heterocycles. The predicted octanol–water partition coefficient (Wildman–Crippen LogP) is 1.66. The van der Waals surface area contributed by atoms with Crippen molar-refractivity contribution in [1.29, 1.82) is 0 Å². The Morgan fingerprint density at radius 3 is 1.54 bits per heavy atom. The average molecular weight is 327 g/mol. The summed E-state index contributed by atoms with van der Waals surface area (Å²) in [5.41, 5.74) is 2.22. The molecule has 4 heteroatoms. The molecule has 2 aromatic carbocycles. The Bertz CT molecular complexity index is 511. The Kier molecular flexibility index (Phi) is 8.03. The van der Waals surface area contributed by atoms with Crippen molar-refractivity contribution in [3.63, 3.8) is 0 Å². The van der Waals surface area contributed by atoms with Gasteiger partial charge in [0.15, 0.2) is 0 Å². The Balaban J connectivity index is 0.000000256. The first-order valence-corrected chi connectivity index (χ1v) is 9.18. The SMILES string of the molecule is CCC[NH2+]CCC.c1ccc([B-]2(c3ccccc3)OCCO2)cc1. The fraction of sp³-hybridized carbons (Fsp3) is 0.400. The summed E-state index contributed by atoms with van der Waals surface area (Å²) in [6, 6.07) is 20.4. The van der Waals surface area contributed by atoms with E-state index < -0.39 is 6.55 Å². The Morgan fingerprint density at radius 1 is 0.750 bits per heavy atom. The molecule has 0 radical (unpaired) electrons. The summed E-state index contributed by atoms with van der Waals surface area (Å²) in [6.45, 7) is 6.87. The van der Waals surface area contributed by atoms with Crippen LogP contribution in [0, 0.1) is 0 Å². The summed E-state index contributed by atoms with van der Waals surface area (Å²) in [6.07, 6.45) is 2.61. The molecule has 1 fully saturated rings. The third kappa shape index (κ3) is 4.94. The molecule has 130 valence electrons. The van der Waals surface area contributed by atoms with Crippen LogP contribution in [-0.4, -0.2) is 32.9 Å². The van der Waals surface area contributed by atoms with E-state index >= 15 is 0 Å². The van der Waals surface area contributed by atoms with E-state index in [0.717, 1.165) is 10.9 Å². The van der Waals surface area contributed by atoms with Gasteiger partial charge >= 0.3 is 0 Å². The molecule has 3 rings (SSSR count). The van der Waals surface area contributed by atoms with Crippen molar-refractivity contribution < 1.29 is 14.6 Å². The summed E-state index contributed by atoms with van der Waals surface area (Å²) in [7, 11) is 0. The van der Waals surface area contributed by atoms with Crippen molar-refractivity contribution in [3.05, 3.63) is 60.7 Å². The minimum atomic E-state index is -1.47. The Morgan fingerprint density at radius 2 is 1.17 bits per heavy atom. The summed E-state index contributed by atoms with van der Waals surface area (Å²) >= 11 is 0. The second-order valence-electron chi connectivity index (χ2n) is 6.14. The van der Waals surface area contributed by atoms with E-state index in [0.29, 0.717) is 13.2 Å². The standard InChI is InChI=1S/C14H14BO2.C6H15N/c1-3-7-13(8-4-1)15(16-11-12-17-15)14-9-5-2-6-10-14;1-3-5-7-6-4-2/h1-10H,11-12H2;7H,3-6H2,1-2H3/q-1;/p+1. The smallest absolute Gasteiger partial charge is 0.299 e. The topological polar surface area (TPSA) is 35.1 Å². The van der Waals surface area contributed by atoms with Crippen LogP contribution in [0.5, 0.6) is 0 Å². The highest BCUT2D eigenvalue weighted by molar-refractivity contribution is 6.92. The normalized spacial score (nSPS) is 15.6. The molecule has 1 aliphatic heterocycles. The lowest BCUT2D eigenvalue weighted by atomic mass is 9.47. The first-order chi connectivity index (χ1) is 11.8. The molecule has 0 bridgehead atoms. The van der Waals surface area contributed by atoms with Crippen LogP contribution >= 0.6 is 0 Å². The summed E-state index contributed by atoms with van der Waals surface area (Å²) < 4.78 is 11.9. The van der Waals surface area contributed by atoms with Gasteiger partial charge in [-0.1, -0.05) is 74.5 Å². The van der Waals surface area contributed by atoms with Crippen molar-refractivity contribution in [2.45, 2.75) is 26.7 Å². The third-order valence-electron chi connectivity index (χ3n) is 4.25. The first-order valence-electron chi connectivity index (χ1n) is 9.18. The lowest BCUT2D eigenvalue weighted by Crippen LogP contribution is -2.84. The fourth-order valence-corrected chi connectivity index (χ4v) is 3.02.